The van der Waals surface area contributed by atoms with Gasteiger partial charge in [0.25, 0.3) is 5.91 Å². The van der Waals surface area contributed by atoms with Gasteiger partial charge in [-0.1, -0.05) is 23.8 Å². The van der Waals surface area contributed by atoms with Gasteiger partial charge < -0.3 is 5.32 Å². The fourth-order valence-electron chi connectivity index (χ4n) is 3.39. The summed E-state index contributed by atoms with van der Waals surface area (Å²) in [5.74, 6) is -0.284. The van der Waals surface area contributed by atoms with E-state index in [1.807, 2.05) is 49.4 Å². The van der Waals surface area contributed by atoms with Gasteiger partial charge in [0.2, 0.25) is 5.91 Å². The molecule has 3 heterocycles. The van der Waals surface area contributed by atoms with Crippen molar-refractivity contribution < 1.29 is 9.59 Å². The molecule has 1 N–H and O–H groups in total. The lowest BCUT2D eigenvalue weighted by Gasteiger charge is -2.24. The lowest BCUT2D eigenvalue weighted by molar-refractivity contribution is -0.121. The van der Waals surface area contributed by atoms with Crippen LogP contribution in [0.4, 0.5) is 5.69 Å². The van der Waals surface area contributed by atoms with E-state index in [-0.39, 0.29) is 18.2 Å². The van der Waals surface area contributed by atoms with Gasteiger partial charge in [0.1, 0.15) is 0 Å². The maximum absolute atomic E-state index is 13.0. The first-order chi connectivity index (χ1) is 13.6. The minimum atomic E-state index is -0.435. The van der Waals surface area contributed by atoms with Gasteiger partial charge in [-0.2, -0.15) is 0 Å². The second-order valence-electron chi connectivity index (χ2n) is 6.76. The fourth-order valence-corrected chi connectivity index (χ4v) is 3.39. The third-order valence-corrected chi connectivity index (χ3v) is 4.80. The van der Waals surface area contributed by atoms with Crippen LogP contribution in [0.5, 0.6) is 0 Å². The van der Waals surface area contributed by atoms with Crippen molar-refractivity contribution >= 4 is 17.5 Å². The quantitative estimate of drug-likeness (QED) is 0.746. The number of aryl methyl sites for hydroxylation is 1. The molecule has 2 amide bonds. The smallest absolute Gasteiger partial charge is 0.260 e. The standard InChI is InChI=1S/C22H20N4O2/c1-15-7-9-17(10-8-15)26-19(21-18(22(26)28)6-4-12-24-21)13-20(27)25-14-16-5-2-3-11-23-16/h2-12,19H,13-14H2,1H3,(H,25,27). The van der Waals surface area contributed by atoms with Gasteiger partial charge >= 0.3 is 0 Å². The first-order valence-electron chi connectivity index (χ1n) is 9.15. The number of pyridine rings is 2. The molecule has 6 nitrogen and oxygen atoms in total. The highest BCUT2D eigenvalue weighted by Crippen LogP contribution is 2.38. The molecule has 1 atom stereocenters. The normalized spacial score (nSPS) is 15.4. The Hall–Kier alpha value is -3.54. The highest BCUT2D eigenvalue weighted by molar-refractivity contribution is 6.11. The summed E-state index contributed by atoms with van der Waals surface area (Å²) < 4.78 is 0. The molecule has 6 heteroatoms. The molecule has 0 radical (unpaired) electrons. The Bertz CT molecular complexity index is 1000. The van der Waals surface area contributed by atoms with E-state index in [0.717, 1.165) is 16.9 Å². The Morgan fingerprint density at radius 3 is 2.57 bits per heavy atom. The zero-order valence-electron chi connectivity index (χ0n) is 15.5. The summed E-state index contributed by atoms with van der Waals surface area (Å²) in [6.45, 7) is 2.34. The van der Waals surface area contributed by atoms with Crippen LogP contribution < -0.4 is 10.2 Å². The van der Waals surface area contributed by atoms with Crippen LogP contribution in [0.15, 0.2) is 67.0 Å². The molecule has 0 fully saturated rings. The lowest BCUT2D eigenvalue weighted by Crippen LogP contribution is -2.33. The summed E-state index contributed by atoms with van der Waals surface area (Å²) in [6.07, 6.45) is 3.48. The molecule has 1 aliphatic heterocycles. The van der Waals surface area contributed by atoms with Crippen LogP contribution >= 0.6 is 0 Å². The van der Waals surface area contributed by atoms with Gasteiger partial charge in [0.15, 0.2) is 0 Å². The van der Waals surface area contributed by atoms with E-state index in [0.29, 0.717) is 17.8 Å². The summed E-state index contributed by atoms with van der Waals surface area (Å²) in [5.41, 5.74) is 3.84. The maximum atomic E-state index is 13.0. The van der Waals surface area contributed by atoms with E-state index < -0.39 is 6.04 Å². The second-order valence-corrected chi connectivity index (χ2v) is 6.76. The summed E-state index contributed by atoms with van der Waals surface area (Å²) in [7, 11) is 0. The van der Waals surface area contributed by atoms with Crippen LogP contribution in [0.3, 0.4) is 0 Å². The zero-order valence-corrected chi connectivity index (χ0v) is 15.5. The first-order valence-corrected chi connectivity index (χ1v) is 9.15. The van der Waals surface area contributed by atoms with E-state index in [4.69, 9.17) is 0 Å². The lowest BCUT2D eigenvalue weighted by atomic mass is 10.1. The van der Waals surface area contributed by atoms with Gasteiger partial charge in [-0.05, 0) is 43.3 Å². The van der Waals surface area contributed by atoms with E-state index in [1.165, 1.54) is 0 Å². The number of rotatable bonds is 5. The van der Waals surface area contributed by atoms with Gasteiger partial charge in [-0.15, -0.1) is 0 Å². The summed E-state index contributed by atoms with van der Waals surface area (Å²) >= 11 is 0. The molecule has 1 aliphatic rings. The van der Waals surface area contributed by atoms with Gasteiger partial charge in [-0.25, -0.2) is 0 Å². The number of anilines is 1. The Morgan fingerprint density at radius 1 is 1.04 bits per heavy atom. The molecule has 140 valence electrons. The van der Waals surface area contributed by atoms with Gasteiger partial charge in [-0.3, -0.25) is 24.5 Å². The number of carbonyl (C=O) groups excluding carboxylic acids is 2. The number of carbonyl (C=O) groups is 2. The third-order valence-electron chi connectivity index (χ3n) is 4.80. The zero-order chi connectivity index (χ0) is 19.5. The molecular formula is C22H20N4O2. The molecule has 2 aromatic heterocycles. The molecule has 28 heavy (non-hydrogen) atoms. The largest absolute Gasteiger partial charge is 0.350 e. The molecule has 1 unspecified atom stereocenters. The van der Waals surface area contributed by atoms with Crippen molar-refractivity contribution in [3.05, 3.63) is 89.5 Å². The van der Waals surface area contributed by atoms with Crippen LogP contribution in [-0.2, 0) is 11.3 Å². The monoisotopic (exact) mass is 372 g/mol. The SMILES string of the molecule is Cc1ccc(N2C(=O)c3cccnc3C2CC(=O)NCc2ccccn2)cc1. The molecular weight excluding hydrogens is 352 g/mol. The first kappa shape index (κ1) is 17.9. The number of nitrogens with zero attached hydrogens (tertiary/aromatic N) is 3. The molecule has 0 aliphatic carbocycles. The highest BCUT2D eigenvalue weighted by atomic mass is 16.2. The molecule has 0 bridgehead atoms. The average molecular weight is 372 g/mol. The number of hydrogen-bond acceptors (Lipinski definition) is 4. The number of hydrogen-bond donors (Lipinski definition) is 1. The van der Waals surface area contributed by atoms with E-state index >= 15 is 0 Å². The molecule has 0 spiro atoms. The summed E-state index contributed by atoms with van der Waals surface area (Å²) in [4.78, 5) is 35.9. The molecule has 4 rings (SSSR count). The number of amides is 2. The third kappa shape index (κ3) is 3.49. The molecule has 0 saturated heterocycles. The minimum Gasteiger partial charge on any atom is -0.350 e. The van der Waals surface area contributed by atoms with Crippen LogP contribution in [0, 0.1) is 6.92 Å². The van der Waals surface area contributed by atoms with Crippen molar-refractivity contribution in [2.45, 2.75) is 25.9 Å². The van der Waals surface area contributed by atoms with Crippen molar-refractivity contribution in [2.75, 3.05) is 4.90 Å². The van der Waals surface area contributed by atoms with Crippen molar-refractivity contribution in [2.24, 2.45) is 0 Å². The minimum absolute atomic E-state index is 0.130. The van der Waals surface area contributed by atoms with Crippen molar-refractivity contribution in [3.8, 4) is 0 Å². The molecule has 1 aromatic carbocycles. The summed E-state index contributed by atoms with van der Waals surface area (Å²) in [5, 5.41) is 2.89. The molecule has 3 aromatic rings. The highest BCUT2D eigenvalue weighted by Gasteiger charge is 2.39. The topological polar surface area (TPSA) is 75.2 Å². The number of aromatic nitrogens is 2. The van der Waals surface area contributed by atoms with Crippen molar-refractivity contribution in [1.29, 1.82) is 0 Å². The van der Waals surface area contributed by atoms with Crippen LogP contribution in [-0.4, -0.2) is 21.8 Å². The van der Waals surface area contributed by atoms with Crippen LogP contribution in [0.1, 0.15) is 39.8 Å². The second kappa shape index (κ2) is 7.60. The van der Waals surface area contributed by atoms with Crippen LogP contribution in [0.25, 0.3) is 0 Å². The van der Waals surface area contributed by atoms with Crippen molar-refractivity contribution in [1.82, 2.24) is 15.3 Å². The fraction of sp³-hybridized carbons (Fsp3) is 0.182. The average Bonchev–Trinajstić information content (AvgIpc) is 3.00. The Kier molecular flexibility index (Phi) is 4.85. The Morgan fingerprint density at radius 2 is 1.82 bits per heavy atom. The van der Waals surface area contributed by atoms with E-state index in [1.54, 1.807) is 29.4 Å². The Balaban J connectivity index is 1.57. The maximum Gasteiger partial charge on any atom is 0.260 e. The van der Waals surface area contributed by atoms with E-state index in [9.17, 15) is 9.59 Å². The predicted octanol–water partition coefficient (Wildman–Crippen LogP) is 3.19. The van der Waals surface area contributed by atoms with E-state index in [2.05, 4.69) is 15.3 Å². The number of nitrogens with one attached hydrogen (secondary N) is 1. The molecule has 0 saturated carbocycles. The van der Waals surface area contributed by atoms with Crippen molar-refractivity contribution in [3.63, 3.8) is 0 Å². The van der Waals surface area contributed by atoms with Crippen LogP contribution in [0.2, 0.25) is 0 Å². The Labute approximate surface area is 163 Å². The number of fused-ring (bicyclic) bond motifs is 1. The van der Waals surface area contributed by atoms with Gasteiger partial charge in [0.05, 0.1) is 36.0 Å². The predicted molar refractivity (Wildman–Crippen MR) is 106 cm³/mol. The summed E-state index contributed by atoms with van der Waals surface area (Å²) in [6, 6.07) is 16.3. The number of benzene rings is 1. The van der Waals surface area contributed by atoms with Gasteiger partial charge in [0, 0.05) is 18.1 Å².